The van der Waals surface area contributed by atoms with Gasteiger partial charge in [0.2, 0.25) is 5.91 Å². The smallest absolute Gasteiger partial charge is 0.220 e. The number of thiophene rings is 1. The highest BCUT2D eigenvalue weighted by molar-refractivity contribution is 7.09. The Hall–Kier alpha value is -1.79. The number of carbonyl (C=O) groups is 1. The predicted molar refractivity (Wildman–Crippen MR) is 95.9 cm³/mol. The predicted octanol–water partition coefficient (Wildman–Crippen LogP) is 2.86. The number of nitrogens with zero attached hydrogens (tertiary/aromatic N) is 3. The number of likely N-dealkylation sites (tertiary alicyclic amines) is 1. The number of hydrogen-bond acceptors (Lipinski definition) is 5. The van der Waals surface area contributed by atoms with Crippen molar-refractivity contribution < 1.29 is 4.79 Å². The number of aromatic nitrogens is 2. The maximum Gasteiger partial charge on any atom is 0.220 e. The van der Waals surface area contributed by atoms with Crippen LogP contribution in [-0.2, 0) is 17.8 Å². The molecule has 0 aliphatic carbocycles. The summed E-state index contributed by atoms with van der Waals surface area (Å²) in [6.45, 7) is 3.52. The summed E-state index contributed by atoms with van der Waals surface area (Å²) in [5.41, 5.74) is 2.10. The molecule has 1 amide bonds. The van der Waals surface area contributed by atoms with Crippen molar-refractivity contribution in [2.75, 3.05) is 13.6 Å². The van der Waals surface area contributed by atoms with Crippen molar-refractivity contribution in [1.29, 1.82) is 0 Å². The van der Waals surface area contributed by atoms with Gasteiger partial charge in [-0.15, -0.1) is 11.3 Å². The van der Waals surface area contributed by atoms with Gasteiger partial charge in [0.25, 0.3) is 0 Å². The topological polar surface area (TPSA) is 58.1 Å². The zero-order valence-corrected chi connectivity index (χ0v) is 15.1. The van der Waals surface area contributed by atoms with Gasteiger partial charge in [-0.05, 0) is 51.2 Å². The molecule has 0 spiro atoms. The first-order valence-corrected chi connectivity index (χ1v) is 9.33. The lowest BCUT2D eigenvalue weighted by atomic mass is 10.1. The number of carbonyl (C=O) groups excluding carboxylic acids is 1. The molecule has 1 saturated heterocycles. The molecule has 3 heterocycles. The first-order valence-electron chi connectivity index (χ1n) is 8.45. The van der Waals surface area contributed by atoms with E-state index < -0.39 is 0 Å². The monoisotopic (exact) mass is 344 g/mol. The molecule has 1 atom stereocenters. The van der Waals surface area contributed by atoms with E-state index in [1.54, 1.807) is 11.3 Å². The fourth-order valence-electron chi connectivity index (χ4n) is 3.17. The first-order chi connectivity index (χ1) is 11.6. The molecule has 5 nitrogen and oxygen atoms in total. The second kappa shape index (κ2) is 7.85. The van der Waals surface area contributed by atoms with Crippen LogP contribution in [0.2, 0.25) is 0 Å². The summed E-state index contributed by atoms with van der Waals surface area (Å²) >= 11 is 1.69. The van der Waals surface area contributed by atoms with E-state index in [9.17, 15) is 4.79 Å². The lowest BCUT2D eigenvalue weighted by molar-refractivity contribution is -0.121. The van der Waals surface area contributed by atoms with Crippen molar-refractivity contribution in [3.05, 3.63) is 45.7 Å². The van der Waals surface area contributed by atoms with E-state index in [-0.39, 0.29) is 5.91 Å². The molecule has 24 heavy (non-hydrogen) atoms. The van der Waals surface area contributed by atoms with Crippen LogP contribution < -0.4 is 5.32 Å². The summed E-state index contributed by atoms with van der Waals surface area (Å²) < 4.78 is 0. The fourth-order valence-corrected chi connectivity index (χ4v) is 3.88. The molecule has 2 aromatic heterocycles. The van der Waals surface area contributed by atoms with E-state index in [0.29, 0.717) is 19.0 Å². The van der Waals surface area contributed by atoms with E-state index in [2.05, 4.69) is 33.3 Å². The summed E-state index contributed by atoms with van der Waals surface area (Å²) in [7, 11) is 2.14. The molecule has 1 unspecified atom stereocenters. The summed E-state index contributed by atoms with van der Waals surface area (Å²) in [6, 6.07) is 4.43. The van der Waals surface area contributed by atoms with Crippen molar-refractivity contribution in [2.45, 2.75) is 45.2 Å². The standard InChI is InChI=1S/C18H24N4OS/c1-13-19-11-14(18(21-13)16-6-3-9-22(16)2)12-20-17(23)8-7-15-5-4-10-24-15/h4-5,10-11,16H,3,6-9,12H2,1-2H3,(H,20,23). The van der Waals surface area contributed by atoms with Crippen LogP contribution in [0.1, 0.15) is 47.3 Å². The van der Waals surface area contributed by atoms with Gasteiger partial charge in [-0.25, -0.2) is 9.97 Å². The van der Waals surface area contributed by atoms with Gasteiger partial charge in [0, 0.05) is 29.6 Å². The number of amides is 1. The second-order valence-electron chi connectivity index (χ2n) is 6.32. The minimum absolute atomic E-state index is 0.0784. The maximum absolute atomic E-state index is 12.1. The first kappa shape index (κ1) is 17.0. The lowest BCUT2D eigenvalue weighted by Crippen LogP contribution is -2.26. The molecule has 1 aliphatic heterocycles. The van der Waals surface area contributed by atoms with Crippen LogP contribution in [0.3, 0.4) is 0 Å². The fraction of sp³-hybridized carbons (Fsp3) is 0.500. The number of hydrogen-bond donors (Lipinski definition) is 1. The van der Waals surface area contributed by atoms with E-state index in [1.807, 2.05) is 24.6 Å². The van der Waals surface area contributed by atoms with Gasteiger partial charge in [0.15, 0.2) is 0 Å². The highest BCUT2D eigenvalue weighted by Crippen LogP contribution is 2.31. The summed E-state index contributed by atoms with van der Waals surface area (Å²) in [5, 5.41) is 5.07. The number of nitrogens with one attached hydrogen (secondary N) is 1. The maximum atomic E-state index is 12.1. The summed E-state index contributed by atoms with van der Waals surface area (Å²) in [6.07, 6.45) is 5.49. The summed E-state index contributed by atoms with van der Waals surface area (Å²) in [5.74, 6) is 0.868. The molecule has 3 rings (SSSR count). The molecule has 0 radical (unpaired) electrons. The van der Waals surface area contributed by atoms with Gasteiger partial charge in [0.05, 0.1) is 11.7 Å². The van der Waals surface area contributed by atoms with Gasteiger partial charge in [-0.3, -0.25) is 9.69 Å². The highest BCUT2D eigenvalue weighted by Gasteiger charge is 2.26. The summed E-state index contributed by atoms with van der Waals surface area (Å²) in [4.78, 5) is 24.7. The molecule has 0 saturated carbocycles. The van der Waals surface area contributed by atoms with Crippen molar-refractivity contribution in [3.8, 4) is 0 Å². The average molecular weight is 344 g/mol. The Kier molecular flexibility index (Phi) is 5.58. The van der Waals surface area contributed by atoms with E-state index in [1.165, 1.54) is 11.3 Å². The Morgan fingerprint density at radius 1 is 1.50 bits per heavy atom. The minimum atomic E-state index is 0.0784. The van der Waals surface area contributed by atoms with Gasteiger partial charge in [-0.1, -0.05) is 6.07 Å². The highest BCUT2D eigenvalue weighted by atomic mass is 32.1. The number of aryl methyl sites for hydroxylation is 2. The second-order valence-corrected chi connectivity index (χ2v) is 7.35. The third-order valence-electron chi connectivity index (χ3n) is 4.51. The Labute approximate surface area is 147 Å². The third kappa shape index (κ3) is 4.19. The molecule has 1 aliphatic rings. The van der Waals surface area contributed by atoms with Gasteiger partial charge >= 0.3 is 0 Å². The van der Waals surface area contributed by atoms with Crippen molar-refractivity contribution in [1.82, 2.24) is 20.2 Å². The third-order valence-corrected chi connectivity index (χ3v) is 5.45. The molecule has 128 valence electrons. The molecule has 1 N–H and O–H groups in total. The van der Waals surface area contributed by atoms with E-state index in [4.69, 9.17) is 0 Å². The zero-order chi connectivity index (χ0) is 16.9. The molecular formula is C18H24N4OS. The van der Waals surface area contributed by atoms with Crippen molar-refractivity contribution >= 4 is 17.2 Å². The molecule has 0 bridgehead atoms. The van der Waals surface area contributed by atoms with Crippen molar-refractivity contribution in [3.63, 3.8) is 0 Å². The normalized spacial score (nSPS) is 18.0. The Balaban J connectivity index is 1.61. The van der Waals surface area contributed by atoms with E-state index >= 15 is 0 Å². The molecule has 2 aromatic rings. The Morgan fingerprint density at radius 3 is 3.08 bits per heavy atom. The lowest BCUT2D eigenvalue weighted by Gasteiger charge is -2.21. The molecular weight excluding hydrogens is 320 g/mol. The van der Waals surface area contributed by atoms with Crippen molar-refractivity contribution in [2.24, 2.45) is 0 Å². The van der Waals surface area contributed by atoms with Gasteiger partial charge < -0.3 is 5.32 Å². The average Bonchev–Trinajstić information content (AvgIpc) is 3.23. The minimum Gasteiger partial charge on any atom is -0.352 e. The van der Waals surface area contributed by atoms with Crippen LogP contribution >= 0.6 is 11.3 Å². The Morgan fingerprint density at radius 2 is 2.38 bits per heavy atom. The molecule has 0 aromatic carbocycles. The van der Waals surface area contributed by atoms with E-state index in [0.717, 1.165) is 36.5 Å². The molecule has 1 fully saturated rings. The van der Waals surface area contributed by atoms with Crippen LogP contribution in [0.4, 0.5) is 0 Å². The largest absolute Gasteiger partial charge is 0.352 e. The SMILES string of the molecule is Cc1ncc(CNC(=O)CCc2cccs2)c(C2CCCN2C)n1. The molecule has 6 heteroatoms. The van der Waals surface area contributed by atoms with Crippen LogP contribution in [0.5, 0.6) is 0 Å². The van der Waals surface area contributed by atoms with Gasteiger partial charge in [0.1, 0.15) is 5.82 Å². The zero-order valence-electron chi connectivity index (χ0n) is 14.3. The van der Waals surface area contributed by atoms with Crippen LogP contribution in [0, 0.1) is 6.92 Å². The number of rotatable bonds is 6. The quantitative estimate of drug-likeness (QED) is 0.875. The van der Waals surface area contributed by atoms with Crippen LogP contribution in [0.25, 0.3) is 0 Å². The van der Waals surface area contributed by atoms with Crippen LogP contribution in [-0.4, -0.2) is 34.4 Å². The van der Waals surface area contributed by atoms with Gasteiger partial charge in [-0.2, -0.15) is 0 Å². The van der Waals surface area contributed by atoms with Crippen LogP contribution in [0.15, 0.2) is 23.7 Å². The Bertz CT molecular complexity index is 686.